The smallest absolute Gasteiger partial charge is 0.264 e. The zero-order chi connectivity index (χ0) is 39.5. The molecule has 6 rings (SSSR count). The van der Waals surface area contributed by atoms with E-state index in [1.54, 1.807) is 45.2 Å². The summed E-state index contributed by atoms with van der Waals surface area (Å²) in [6, 6.07) is 21.9. The fourth-order valence-electron chi connectivity index (χ4n) is 6.83. The van der Waals surface area contributed by atoms with Crippen molar-refractivity contribution in [2.45, 2.75) is 55.3 Å². The van der Waals surface area contributed by atoms with Crippen molar-refractivity contribution in [2.24, 2.45) is 11.8 Å². The van der Waals surface area contributed by atoms with Gasteiger partial charge in [-0.15, -0.1) is 6.58 Å². The van der Waals surface area contributed by atoms with Gasteiger partial charge in [0.2, 0.25) is 17.7 Å². The SMILES string of the molecule is C=CC(=O)NC(C(=O)N1CC(Oc2cc(-c3ccccc3)nc3cc(OC)ccc23)CC1C(=O)NC1(C(=O)NS(=O)(=O)c2ccccc2)CC1C=C)C(C)C. The highest BCUT2D eigenvalue weighted by Gasteiger charge is 2.61. The number of sulfonamides is 1. The van der Waals surface area contributed by atoms with Gasteiger partial charge in [-0.05, 0) is 42.7 Å². The third-order valence-electron chi connectivity index (χ3n) is 9.94. The maximum absolute atomic E-state index is 14.4. The summed E-state index contributed by atoms with van der Waals surface area (Å²) in [7, 11) is -2.71. The van der Waals surface area contributed by atoms with Crippen molar-refractivity contribution in [3.8, 4) is 22.8 Å². The number of hydrogen-bond acceptors (Lipinski definition) is 9. The first-order chi connectivity index (χ1) is 26.3. The van der Waals surface area contributed by atoms with Crippen molar-refractivity contribution in [1.82, 2.24) is 25.2 Å². The Labute approximate surface area is 319 Å². The summed E-state index contributed by atoms with van der Waals surface area (Å²) < 4.78 is 40.4. The van der Waals surface area contributed by atoms with E-state index in [1.807, 2.05) is 36.4 Å². The number of carbonyl (C=O) groups excluding carboxylic acids is 4. The topological polar surface area (TPSA) is 173 Å². The molecule has 286 valence electrons. The normalized spacial score (nSPS) is 20.9. The number of pyridine rings is 1. The van der Waals surface area contributed by atoms with E-state index in [9.17, 15) is 27.6 Å². The van der Waals surface area contributed by atoms with E-state index < -0.39 is 63.3 Å². The van der Waals surface area contributed by atoms with Crippen molar-refractivity contribution in [1.29, 1.82) is 0 Å². The van der Waals surface area contributed by atoms with E-state index >= 15 is 0 Å². The summed E-state index contributed by atoms with van der Waals surface area (Å²) >= 11 is 0. The Morgan fingerprint density at radius 2 is 1.67 bits per heavy atom. The van der Waals surface area contributed by atoms with Gasteiger partial charge in [-0.3, -0.25) is 19.2 Å². The quantitative estimate of drug-likeness (QED) is 0.126. The van der Waals surface area contributed by atoms with E-state index in [2.05, 4.69) is 28.5 Å². The van der Waals surface area contributed by atoms with Crippen LogP contribution in [0, 0.1) is 11.8 Å². The van der Waals surface area contributed by atoms with Gasteiger partial charge in [0.1, 0.15) is 35.2 Å². The number of aromatic nitrogens is 1. The Morgan fingerprint density at radius 1 is 0.982 bits per heavy atom. The molecule has 2 heterocycles. The van der Waals surface area contributed by atoms with Crippen molar-refractivity contribution < 1.29 is 37.1 Å². The number of fused-ring (bicyclic) bond motifs is 1. The molecule has 1 aromatic heterocycles. The van der Waals surface area contributed by atoms with Crippen molar-refractivity contribution in [3.05, 3.63) is 110 Å². The number of hydrogen-bond donors (Lipinski definition) is 3. The Kier molecular flexibility index (Phi) is 11.1. The van der Waals surface area contributed by atoms with E-state index in [-0.39, 0.29) is 30.2 Å². The molecule has 1 aliphatic carbocycles. The van der Waals surface area contributed by atoms with Crippen molar-refractivity contribution in [2.75, 3.05) is 13.7 Å². The molecule has 0 bridgehead atoms. The number of methoxy groups -OCH3 is 1. The molecule has 0 radical (unpaired) electrons. The number of rotatable bonds is 14. The highest BCUT2D eigenvalue weighted by Crippen LogP contribution is 2.45. The van der Waals surface area contributed by atoms with Gasteiger partial charge in [-0.1, -0.05) is 75.0 Å². The molecule has 0 spiro atoms. The molecule has 5 atom stereocenters. The summed E-state index contributed by atoms with van der Waals surface area (Å²) in [4.78, 5) is 60.8. The lowest BCUT2D eigenvalue weighted by Gasteiger charge is -2.31. The van der Waals surface area contributed by atoms with Gasteiger partial charge < -0.3 is 25.0 Å². The van der Waals surface area contributed by atoms with Crippen LogP contribution in [0.5, 0.6) is 11.5 Å². The Morgan fingerprint density at radius 3 is 2.29 bits per heavy atom. The molecule has 55 heavy (non-hydrogen) atoms. The predicted octanol–water partition coefficient (Wildman–Crippen LogP) is 4.15. The third-order valence-corrected chi connectivity index (χ3v) is 11.3. The number of likely N-dealkylation sites (tertiary alicyclic amines) is 1. The average molecular weight is 766 g/mol. The van der Waals surface area contributed by atoms with Crippen LogP contribution in [0.15, 0.2) is 115 Å². The number of amides is 4. The largest absolute Gasteiger partial charge is 0.497 e. The third kappa shape index (κ3) is 8.09. The molecule has 1 saturated heterocycles. The van der Waals surface area contributed by atoms with Crippen LogP contribution < -0.4 is 24.8 Å². The number of ether oxygens (including phenoxy) is 2. The van der Waals surface area contributed by atoms with Crippen molar-refractivity contribution in [3.63, 3.8) is 0 Å². The standard InChI is InChI=1S/C41H43N5O8S/c1-6-27-23-41(27,40(50)45-55(51,52)30-16-12-9-13-17-30)44-38(48)34-21-29(24-46(34)39(49)37(25(3)4)43-36(47)7-2)54-35-22-32(26-14-10-8-11-15-26)42-33-20-28(53-5)18-19-31(33)35/h6-20,22,25,27,29,34,37H,1-2,21,23-24H2,3-5H3,(H,43,47)(H,44,48)(H,45,50). The molecule has 3 N–H and O–H groups in total. The Balaban J connectivity index is 1.33. The zero-order valence-corrected chi connectivity index (χ0v) is 31.5. The molecular formula is C41H43N5O8S. The van der Waals surface area contributed by atoms with E-state index in [4.69, 9.17) is 14.5 Å². The Hall–Kier alpha value is -6.02. The van der Waals surface area contributed by atoms with Crippen LogP contribution >= 0.6 is 0 Å². The number of nitrogens with zero attached hydrogens (tertiary/aromatic N) is 2. The van der Waals surface area contributed by atoms with Crippen LogP contribution in [0.1, 0.15) is 26.7 Å². The predicted molar refractivity (Wildman–Crippen MR) is 206 cm³/mol. The van der Waals surface area contributed by atoms with Gasteiger partial charge in [-0.25, -0.2) is 18.1 Å². The molecule has 13 nitrogen and oxygen atoms in total. The molecule has 4 amide bonds. The zero-order valence-electron chi connectivity index (χ0n) is 30.7. The Bertz CT molecular complexity index is 2250. The maximum Gasteiger partial charge on any atom is 0.264 e. The summed E-state index contributed by atoms with van der Waals surface area (Å²) in [6.45, 7) is 10.8. The summed E-state index contributed by atoms with van der Waals surface area (Å²) in [5.74, 6) is -2.61. The van der Waals surface area contributed by atoms with Gasteiger partial charge in [-0.2, -0.15) is 0 Å². The first-order valence-corrected chi connectivity index (χ1v) is 19.3. The fourth-order valence-corrected chi connectivity index (χ4v) is 7.88. The van der Waals surface area contributed by atoms with E-state index in [0.29, 0.717) is 28.1 Å². The minimum Gasteiger partial charge on any atom is -0.497 e. The molecule has 2 fully saturated rings. The molecule has 1 aliphatic heterocycles. The maximum atomic E-state index is 14.4. The molecular weight excluding hydrogens is 723 g/mol. The summed E-state index contributed by atoms with van der Waals surface area (Å²) in [5, 5.41) is 6.13. The molecule has 1 saturated carbocycles. The lowest BCUT2D eigenvalue weighted by Crippen LogP contribution is -2.58. The summed E-state index contributed by atoms with van der Waals surface area (Å²) in [5.41, 5.74) is 0.444. The first-order valence-electron chi connectivity index (χ1n) is 17.8. The fraction of sp³-hybridized carbons (Fsp3) is 0.293. The van der Waals surface area contributed by atoms with Gasteiger partial charge in [0.15, 0.2) is 0 Å². The lowest BCUT2D eigenvalue weighted by atomic mass is 10.0. The molecule has 14 heteroatoms. The molecule has 2 aliphatic rings. The van der Waals surface area contributed by atoms with Crippen molar-refractivity contribution >= 4 is 44.6 Å². The van der Waals surface area contributed by atoms with Crippen LogP contribution in [0.3, 0.4) is 0 Å². The molecule has 5 unspecified atom stereocenters. The molecule has 4 aromatic rings. The second-order valence-corrected chi connectivity index (χ2v) is 15.6. The highest BCUT2D eigenvalue weighted by molar-refractivity contribution is 7.90. The minimum absolute atomic E-state index is 0.0111. The van der Waals surface area contributed by atoms with Gasteiger partial charge in [0.05, 0.1) is 29.8 Å². The highest BCUT2D eigenvalue weighted by atomic mass is 32.2. The van der Waals surface area contributed by atoms with E-state index in [1.165, 1.54) is 35.2 Å². The van der Waals surface area contributed by atoms with Crippen LogP contribution in [-0.2, 0) is 29.2 Å². The second kappa shape index (κ2) is 15.8. The number of nitrogens with one attached hydrogen (secondary N) is 3. The lowest BCUT2D eigenvalue weighted by molar-refractivity contribution is -0.142. The minimum atomic E-state index is -4.27. The summed E-state index contributed by atoms with van der Waals surface area (Å²) in [6.07, 6.45) is 1.92. The van der Waals surface area contributed by atoms with Crippen LogP contribution in [0.4, 0.5) is 0 Å². The van der Waals surface area contributed by atoms with Gasteiger partial charge >= 0.3 is 0 Å². The monoisotopic (exact) mass is 765 g/mol. The first kappa shape index (κ1) is 38.7. The number of benzene rings is 3. The second-order valence-electron chi connectivity index (χ2n) is 13.9. The van der Waals surface area contributed by atoms with Gasteiger partial charge in [0.25, 0.3) is 15.9 Å². The average Bonchev–Trinajstić information content (AvgIpc) is 3.75. The van der Waals surface area contributed by atoms with Crippen LogP contribution in [0.2, 0.25) is 0 Å². The van der Waals surface area contributed by atoms with Gasteiger partial charge in [0, 0.05) is 35.4 Å². The van der Waals surface area contributed by atoms with Crippen LogP contribution in [0.25, 0.3) is 22.2 Å². The molecule has 3 aromatic carbocycles. The number of carbonyl (C=O) groups is 4. The van der Waals surface area contributed by atoms with Crippen LogP contribution in [-0.4, -0.2) is 79.3 Å². The van der Waals surface area contributed by atoms with E-state index in [0.717, 1.165) is 11.6 Å².